The Morgan fingerprint density at radius 2 is 1.89 bits per heavy atom. The topological polar surface area (TPSA) is 33.2 Å². The van der Waals surface area contributed by atoms with Gasteiger partial charge >= 0.3 is 0 Å². The Hall–Kier alpha value is -2.20. The lowest BCUT2D eigenvalue weighted by molar-refractivity contribution is 0.0625. The summed E-state index contributed by atoms with van der Waals surface area (Å²) in [5, 5.41) is 0.949. The number of likely N-dealkylation sites (tertiary alicyclic amines) is 1. The number of pyridine rings is 1. The number of hydrogen-bond acceptors (Lipinski definition) is 3. The normalized spacial score (nSPS) is 20.2. The zero-order valence-electron chi connectivity index (χ0n) is 16.2. The van der Waals surface area contributed by atoms with Crippen LogP contribution in [-0.2, 0) is 6.42 Å². The van der Waals surface area contributed by atoms with E-state index in [1.54, 1.807) is 11.3 Å². The Morgan fingerprint density at radius 1 is 1.15 bits per heavy atom. The van der Waals surface area contributed by atoms with Crippen molar-refractivity contribution >= 4 is 28.1 Å². The van der Waals surface area contributed by atoms with E-state index in [4.69, 9.17) is 4.98 Å². The summed E-state index contributed by atoms with van der Waals surface area (Å²) in [4.78, 5) is 22.8. The van der Waals surface area contributed by atoms with Gasteiger partial charge in [0.25, 0.3) is 5.91 Å². The molecule has 4 heteroatoms. The molecule has 2 aromatic heterocycles. The van der Waals surface area contributed by atoms with Gasteiger partial charge in [0.15, 0.2) is 0 Å². The van der Waals surface area contributed by atoms with E-state index in [2.05, 4.69) is 32.9 Å². The minimum Gasteiger partial charge on any atom is -0.338 e. The number of amides is 1. The van der Waals surface area contributed by atoms with Crippen LogP contribution in [0.3, 0.4) is 0 Å². The number of rotatable bonds is 3. The fourth-order valence-corrected chi connectivity index (χ4v) is 5.09. The smallest absolute Gasteiger partial charge is 0.254 e. The van der Waals surface area contributed by atoms with Crippen LogP contribution in [0.25, 0.3) is 21.5 Å². The zero-order valence-corrected chi connectivity index (χ0v) is 17.1. The maximum atomic E-state index is 13.5. The summed E-state index contributed by atoms with van der Waals surface area (Å²) in [6.07, 6.45) is 2.22. The van der Waals surface area contributed by atoms with E-state index < -0.39 is 0 Å². The van der Waals surface area contributed by atoms with Crippen LogP contribution >= 0.6 is 11.3 Å². The van der Waals surface area contributed by atoms with Gasteiger partial charge in [0, 0.05) is 23.4 Å². The van der Waals surface area contributed by atoms with Crippen LogP contribution in [0.5, 0.6) is 0 Å². The van der Waals surface area contributed by atoms with Crippen molar-refractivity contribution in [3.8, 4) is 10.6 Å². The highest BCUT2D eigenvalue weighted by molar-refractivity contribution is 7.15. The Kier molecular flexibility index (Phi) is 5.00. The highest BCUT2D eigenvalue weighted by atomic mass is 32.1. The van der Waals surface area contributed by atoms with Gasteiger partial charge in [-0.05, 0) is 48.9 Å². The number of aryl methyl sites for hydroxylation is 1. The fraction of sp³-hybridized carbons (Fsp3) is 0.391. The van der Waals surface area contributed by atoms with Crippen LogP contribution in [0.1, 0.15) is 42.4 Å². The molecule has 1 fully saturated rings. The molecule has 0 aliphatic carbocycles. The summed E-state index contributed by atoms with van der Waals surface area (Å²) >= 11 is 1.76. The summed E-state index contributed by atoms with van der Waals surface area (Å²) in [5.41, 5.74) is 2.58. The lowest BCUT2D eigenvalue weighted by atomic mass is 9.91. The number of para-hydroxylation sites is 1. The first-order chi connectivity index (χ1) is 13.0. The molecule has 0 radical (unpaired) electrons. The summed E-state index contributed by atoms with van der Waals surface area (Å²) in [5.74, 6) is 1.24. The SMILES string of the molecule is CCc1ccc(-c2cc(C(=O)N3C[C@@H](C)C[C@H](C)C3)c3ccccc3n2)s1. The fourth-order valence-electron chi connectivity index (χ4n) is 4.18. The first kappa shape index (κ1) is 18.2. The van der Waals surface area contributed by atoms with Crippen molar-refractivity contribution in [3.05, 3.63) is 52.9 Å². The van der Waals surface area contributed by atoms with E-state index in [1.165, 1.54) is 11.3 Å². The maximum absolute atomic E-state index is 13.5. The molecule has 0 bridgehead atoms. The van der Waals surface area contributed by atoms with Crippen LogP contribution in [0.15, 0.2) is 42.5 Å². The van der Waals surface area contributed by atoms with Crippen molar-refractivity contribution in [1.29, 1.82) is 0 Å². The Balaban J connectivity index is 1.79. The zero-order chi connectivity index (χ0) is 19.0. The predicted molar refractivity (Wildman–Crippen MR) is 113 cm³/mol. The molecule has 1 amide bonds. The number of fused-ring (bicyclic) bond motifs is 1. The van der Waals surface area contributed by atoms with Crippen molar-refractivity contribution in [2.24, 2.45) is 11.8 Å². The standard InChI is InChI=1S/C23H26N2OS/c1-4-17-9-10-22(27-17)21-12-19(18-7-5-6-8-20(18)24-21)23(26)25-13-15(2)11-16(3)14-25/h5-10,12,15-16H,4,11,13-14H2,1-3H3/t15-,16-/m0/s1. The van der Waals surface area contributed by atoms with Crippen LogP contribution in [0.4, 0.5) is 0 Å². The molecular weight excluding hydrogens is 352 g/mol. The second-order valence-electron chi connectivity index (χ2n) is 7.85. The van der Waals surface area contributed by atoms with Gasteiger partial charge in [-0.1, -0.05) is 39.0 Å². The molecule has 1 saturated heterocycles. The van der Waals surface area contributed by atoms with Crippen LogP contribution in [-0.4, -0.2) is 28.9 Å². The van der Waals surface area contributed by atoms with Crippen LogP contribution in [0, 0.1) is 11.8 Å². The van der Waals surface area contributed by atoms with E-state index in [-0.39, 0.29) is 5.91 Å². The van der Waals surface area contributed by atoms with Crippen LogP contribution in [0.2, 0.25) is 0 Å². The minimum atomic E-state index is 0.139. The molecule has 3 nitrogen and oxygen atoms in total. The quantitative estimate of drug-likeness (QED) is 0.590. The summed E-state index contributed by atoms with van der Waals surface area (Å²) < 4.78 is 0. The molecule has 4 rings (SSSR count). The van der Waals surface area contributed by atoms with Gasteiger partial charge < -0.3 is 4.90 Å². The van der Waals surface area contributed by atoms with Crippen molar-refractivity contribution in [1.82, 2.24) is 9.88 Å². The van der Waals surface area contributed by atoms with Gasteiger partial charge in [0.2, 0.25) is 0 Å². The number of hydrogen-bond donors (Lipinski definition) is 0. The molecule has 1 aliphatic rings. The van der Waals surface area contributed by atoms with E-state index in [9.17, 15) is 4.79 Å². The van der Waals surface area contributed by atoms with Gasteiger partial charge in [-0.15, -0.1) is 11.3 Å². The highest BCUT2D eigenvalue weighted by Crippen LogP contribution is 2.32. The molecule has 0 N–H and O–H groups in total. The molecule has 0 saturated carbocycles. The van der Waals surface area contributed by atoms with Crippen molar-refractivity contribution < 1.29 is 4.79 Å². The third kappa shape index (κ3) is 3.63. The van der Waals surface area contributed by atoms with Gasteiger partial charge in [0.1, 0.15) is 0 Å². The maximum Gasteiger partial charge on any atom is 0.254 e. The number of carbonyl (C=O) groups is 1. The molecule has 0 spiro atoms. The highest BCUT2D eigenvalue weighted by Gasteiger charge is 2.27. The monoisotopic (exact) mass is 378 g/mol. The molecule has 140 valence electrons. The average molecular weight is 379 g/mol. The largest absolute Gasteiger partial charge is 0.338 e. The Labute approximate surface area is 165 Å². The molecule has 2 atom stereocenters. The summed E-state index contributed by atoms with van der Waals surface area (Å²) in [6, 6.07) is 14.3. The summed E-state index contributed by atoms with van der Waals surface area (Å²) in [7, 11) is 0. The Morgan fingerprint density at radius 3 is 2.59 bits per heavy atom. The van der Waals surface area contributed by atoms with Crippen molar-refractivity contribution in [2.75, 3.05) is 13.1 Å². The number of aromatic nitrogens is 1. The number of carbonyl (C=O) groups excluding carboxylic acids is 1. The van der Waals surface area contributed by atoms with Crippen molar-refractivity contribution in [2.45, 2.75) is 33.6 Å². The lowest BCUT2D eigenvalue weighted by Gasteiger charge is -2.35. The second kappa shape index (κ2) is 7.43. The van der Waals surface area contributed by atoms with Crippen molar-refractivity contribution in [3.63, 3.8) is 0 Å². The van der Waals surface area contributed by atoms with E-state index in [0.29, 0.717) is 11.8 Å². The molecule has 27 heavy (non-hydrogen) atoms. The molecular formula is C23H26N2OS. The third-order valence-electron chi connectivity index (χ3n) is 5.37. The molecule has 0 unspecified atom stereocenters. The predicted octanol–water partition coefficient (Wildman–Crippen LogP) is 5.64. The number of piperidine rings is 1. The number of thiophene rings is 1. The van der Waals surface area contributed by atoms with Gasteiger partial charge in [-0.3, -0.25) is 4.79 Å². The average Bonchev–Trinajstić information content (AvgIpc) is 3.15. The third-order valence-corrected chi connectivity index (χ3v) is 6.62. The Bertz CT molecular complexity index is 967. The van der Waals surface area contributed by atoms with E-state index in [1.807, 2.05) is 35.2 Å². The minimum absolute atomic E-state index is 0.139. The first-order valence-electron chi connectivity index (χ1n) is 9.83. The lowest BCUT2D eigenvalue weighted by Crippen LogP contribution is -2.42. The van der Waals surface area contributed by atoms with Gasteiger partial charge in [0.05, 0.1) is 21.7 Å². The van der Waals surface area contributed by atoms with Gasteiger partial charge in [-0.25, -0.2) is 4.98 Å². The molecule has 3 heterocycles. The molecule has 1 aromatic carbocycles. The number of benzene rings is 1. The number of nitrogens with zero attached hydrogens (tertiary/aromatic N) is 2. The van der Waals surface area contributed by atoms with Crippen LogP contribution < -0.4 is 0 Å². The molecule has 3 aromatic rings. The van der Waals surface area contributed by atoms with Gasteiger partial charge in [-0.2, -0.15) is 0 Å². The first-order valence-corrected chi connectivity index (χ1v) is 10.6. The summed E-state index contributed by atoms with van der Waals surface area (Å²) in [6.45, 7) is 8.33. The molecule has 1 aliphatic heterocycles. The second-order valence-corrected chi connectivity index (χ2v) is 9.02. The van der Waals surface area contributed by atoms with E-state index in [0.717, 1.165) is 46.5 Å². The van der Waals surface area contributed by atoms with E-state index >= 15 is 0 Å².